The van der Waals surface area contributed by atoms with Gasteiger partial charge in [-0.3, -0.25) is 4.79 Å². The Labute approximate surface area is 123 Å². The van der Waals surface area contributed by atoms with Crippen LogP contribution in [-0.2, 0) is 4.79 Å². The van der Waals surface area contributed by atoms with Crippen molar-refractivity contribution < 1.29 is 4.79 Å². The van der Waals surface area contributed by atoms with Gasteiger partial charge >= 0.3 is 0 Å². The molecule has 21 heavy (non-hydrogen) atoms. The van der Waals surface area contributed by atoms with E-state index in [1.165, 1.54) is 12.5 Å². The molecule has 1 aliphatic rings. The molecular formula is C17H17N3O. The van der Waals surface area contributed by atoms with Crippen molar-refractivity contribution >= 4 is 17.3 Å². The number of hydrazone groups is 1. The van der Waals surface area contributed by atoms with Gasteiger partial charge in [0.15, 0.2) is 0 Å². The Bertz CT molecular complexity index is 662. The van der Waals surface area contributed by atoms with E-state index in [1.54, 1.807) is 0 Å². The van der Waals surface area contributed by atoms with Crippen molar-refractivity contribution in [3.63, 3.8) is 0 Å². The topological polar surface area (TPSA) is 53.5 Å². The lowest BCUT2D eigenvalue weighted by atomic mass is 9.99. The van der Waals surface area contributed by atoms with E-state index in [4.69, 9.17) is 0 Å². The van der Waals surface area contributed by atoms with E-state index >= 15 is 0 Å². The lowest BCUT2D eigenvalue weighted by molar-refractivity contribution is -0.114. The SMILES string of the molecule is CC(=O)Nc1ccc(C2=NNC(c3ccccc3)C2)cc1. The molecule has 0 saturated carbocycles. The summed E-state index contributed by atoms with van der Waals surface area (Å²) in [5.74, 6) is -0.0632. The second-order valence-electron chi connectivity index (χ2n) is 5.11. The number of carbonyl (C=O) groups excluding carboxylic acids is 1. The molecule has 0 aliphatic carbocycles. The van der Waals surface area contributed by atoms with Gasteiger partial charge in [-0.15, -0.1) is 0 Å². The Morgan fingerprint density at radius 3 is 2.52 bits per heavy atom. The average Bonchev–Trinajstić information content (AvgIpc) is 2.98. The van der Waals surface area contributed by atoms with Crippen molar-refractivity contribution in [2.45, 2.75) is 19.4 Å². The third-order valence-corrected chi connectivity index (χ3v) is 3.49. The fourth-order valence-electron chi connectivity index (χ4n) is 2.45. The Morgan fingerprint density at radius 2 is 1.86 bits per heavy atom. The van der Waals surface area contributed by atoms with Gasteiger partial charge in [0.2, 0.25) is 5.91 Å². The van der Waals surface area contributed by atoms with Crippen molar-refractivity contribution in [1.29, 1.82) is 0 Å². The molecule has 4 heteroatoms. The minimum Gasteiger partial charge on any atom is -0.326 e. The van der Waals surface area contributed by atoms with E-state index in [2.05, 4.69) is 28.0 Å². The van der Waals surface area contributed by atoms with Crippen LogP contribution in [0.1, 0.15) is 30.5 Å². The molecular weight excluding hydrogens is 262 g/mol. The van der Waals surface area contributed by atoms with Gasteiger partial charge in [-0.2, -0.15) is 5.10 Å². The second-order valence-corrected chi connectivity index (χ2v) is 5.11. The van der Waals surface area contributed by atoms with Crippen LogP contribution in [0.4, 0.5) is 5.69 Å². The normalized spacial score (nSPS) is 17.0. The highest BCUT2D eigenvalue weighted by molar-refractivity contribution is 6.02. The first kappa shape index (κ1) is 13.4. The standard InChI is InChI=1S/C17H17N3O/c1-12(21)18-15-9-7-14(8-10-15)17-11-16(19-20-17)13-5-3-2-4-6-13/h2-10,16,19H,11H2,1H3,(H,18,21). The number of carbonyl (C=O) groups is 1. The summed E-state index contributed by atoms with van der Waals surface area (Å²) in [6.45, 7) is 1.50. The molecule has 0 aromatic heterocycles. The van der Waals surface area contributed by atoms with Gasteiger partial charge in [-0.05, 0) is 23.3 Å². The first-order chi connectivity index (χ1) is 10.2. The molecule has 1 atom stereocenters. The molecule has 3 rings (SSSR count). The highest BCUT2D eigenvalue weighted by atomic mass is 16.1. The zero-order valence-electron chi connectivity index (χ0n) is 11.8. The van der Waals surface area contributed by atoms with Crippen LogP contribution in [0.15, 0.2) is 59.7 Å². The van der Waals surface area contributed by atoms with Crippen molar-refractivity contribution in [2.24, 2.45) is 5.10 Å². The first-order valence-electron chi connectivity index (χ1n) is 6.97. The largest absolute Gasteiger partial charge is 0.326 e. The quantitative estimate of drug-likeness (QED) is 0.907. The maximum atomic E-state index is 11.0. The van der Waals surface area contributed by atoms with Crippen LogP contribution in [0.2, 0.25) is 0 Å². The first-order valence-corrected chi connectivity index (χ1v) is 6.97. The van der Waals surface area contributed by atoms with Crippen molar-refractivity contribution in [3.05, 3.63) is 65.7 Å². The minimum atomic E-state index is -0.0632. The number of nitrogens with zero attached hydrogens (tertiary/aromatic N) is 1. The fourth-order valence-corrected chi connectivity index (χ4v) is 2.45. The van der Waals surface area contributed by atoms with Crippen LogP contribution in [0.25, 0.3) is 0 Å². The lowest BCUT2D eigenvalue weighted by Crippen LogP contribution is -2.09. The molecule has 4 nitrogen and oxygen atoms in total. The van der Waals surface area contributed by atoms with Crippen LogP contribution in [0, 0.1) is 0 Å². The highest BCUT2D eigenvalue weighted by Gasteiger charge is 2.20. The monoisotopic (exact) mass is 279 g/mol. The zero-order chi connectivity index (χ0) is 14.7. The molecule has 1 unspecified atom stereocenters. The van der Waals surface area contributed by atoms with E-state index in [0.717, 1.165) is 23.4 Å². The molecule has 2 aromatic carbocycles. The molecule has 106 valence electrons. The summed E-state index contributed by atoms with van der Waals surface area (Å²) in [7, 11) is 0. The highest BCUT2D eigenvalue weighted by Crippen LogP contribution is 2.24. The van der Waals surface area contributed by atoms with Crippen molar-refractivity contribution in [3.8, 4) is 0 Å². The molecule has 2 aromatic rings. The van der Waals surface area contributed by atoms with E-state index in [1.807, 2.05) is 42.5 Å². The van der Waals surface area contributed by atoms with E-state index in [-0.39, 0.29) is 11.9 Å². The van der Waals surface area contributed by atoms with Gasteiger partial charge < -0.3 is 10.7 Å². The maximum absolute atomic E-state index is 11.0. The number of anilines is 1. The number of amides is 1. The second kappa shape index (κ2) is 5.79. The molecule has 2 N–H and O–H groups in total. The predicted molar refractivity (Wildman–Crippen MR) is 84.2 cm³/mol. The molecule has 1 aliphatic heterocycles. The fraction of sp³-hybridized carbons (Fsp3) is 0.176. The Kier molecular flexibility index (Phi) is 3.69. The summed E-state index contributed by atoms with van der Waals surface area (Å²) in [5.41, 5.74) is 7.35. The number of hydrogen-bond acceptors (Lipinski definition) is 3. The van der Waals surface area contributed by atoms with Crippen LogP contribution < -0.4 is 10.7 Å². The van der Waals surface area contributed by atoms with E-state index < -0.39 is 0 Å². The average molecular weight is 279 g/mol. The smallest absolute Gasteiger partial charge is 0.221 e. The van der Waals surface area contributed by atoms with Crippen LogP contribution in [-0.4, -0.2) is 11.6 Å². The Hall–Kier alpha value is -2.62. The summed E-state index contributed by atoms with van der Waals surface area (Å²) in [6, 6.07) is 18.3. The van der Waals surface area contributed by atoms with Crippen LogP contribution >= 0.6 is 0 Å². The maximum Gasteiger partial charge on any atom is 0.221 e. The summed E-state index contributed by atoms with van der Waals surface area (Å²) < 4.78 is 0. The molecule has 0 fully saturated rings. The molecule has 0 saturated heterocycles. The number of nitrogens with one attached hydrogen (secondary N) is 2. The third kappa shape index (κ3) is 3.11. The zero-order valence-corrected chi connectivity index (χ0v) is 11.8. The number of rotatable bonds is 3. The van der Waals surface area contributed by atoms with E-state index in [9.17, 15) is 4.79 Å². The van der Waals surface area contributed by atoms with Crippen LogP contribution in [0.3, 0.4) is 0 Å². The minimum absolute atomic E-state index is 0.0632. The van der Waals surface area contributed by atoms with Crippen LogP contribution in [0.5, 0.6) is 0 Å². The lowest BCUT2D eigenvalue weighted by Gasteiger charge is -2.09. The predicted octanol–water partition coefficient (Wildman–Crippen LogP) is 3.08. The molecule has 0 radical (unpaired) electrons. The Balaban J connectivity index is 1.70. The van der Waals surface area contributed by atoms with Gasteiger partial charge in [-0.25, -0.2) is 0 Å². The van der Waals surface area contributed by atoms with Gasteiger partial charge in [0.05, 0.1) is 11.8 Å². The number of hydrogen-bond donors (Lipinski definition) is 2. The summed E-state index contributed by atoms with van der Waals surface area (Å²) in [4.78, 5) is 11.0. The molecule has 1 heterocycles. The van der Waals surface area contributed by atoms with Crippen molar-refractivity contribution in [1.82, 2.24) is 5.43 Å². The molecule has 0 bridgehead atoms. The van der Waals surface area contributed by atoms with E-state index in [0.29, 0.717) is 0 Å². The van der Waals surface area contributed by atoms with Gasteiger partial charge in [0.25, 0.3) is 0 Å². The molecule has 0 spiro atoms. The summed E-state index contributed by atoms with van der Waals surface area (Å²) in [6.07, 6.45) is 0.865. The summed E-state index contributed by atoms with van der Waals surface area (Å²) in [5, 5.41) is 7.20. The summed E-state index contributed by atoms with van der Waals surface area (Å²) >= 11 is 0. The van der Waals surface area contributed by atoms with Gasteiger partial charge in [0, 0.05) is 19.0 Å². The van der Waals surface area contributed by atoms with Crippen molar-refractivity contribution in [2.75, 3.05) is 5.32 Å². The third-order valence-electron chi connectivity index (χ3n) is 3.49. The Morgan fingerprint density at radius 1 is 1.14 bits per heavy atom. The van der Waals surface area contributed by atoms with Gasteiger partial charge in [-0.1, -0.05) is 42.5 Å². The van der Waals surface area contributed by atoms with Gasteiger partial charge in [0.1, 0.15) is 0 Å². The molecule has 1 amide bonds. The number of benzene rings is 2.